The summed E-state index contributed by atoms with van der Waals surface area (Å²) in [5, 5.41) is 2.93. The van der Waals surface area contributed by atoms with Gasteiger partial charge in [0.1, 0.15) is 6.04 Å². The molecule has 1 atom stereocenters. The van der Waals surface area contributed by atoms with Gasteiger partial charge in [0.05, 0.1) is 0 Å². The minimum Gasteiger partial charge on any atom is -0.327 e. The highest BCUT2D eigenvalue weighted by molar-refractivity contribution is 6.01. The van der Waals surface area contributed by atoms with Crippen LogP contribution in [0.5, 0.6) is 0 Å². The van der Waals surface area contributed by atoms with Gasteiger partial charge < -0.3 is 10.2 Å². The molecule has 1 saturated heterocycles. The van der Waals surface area contributed by atoms with Gasteiger partial charge in [-0.05, 0) is 49.6 Å². The van der Waals surface area contributed by atoms with Crippen LogP contribution in [0.15, 0.2) is 54.6 Å². The average Bonchev–Trinajstić information content (AvgIpc) is 3.05. The highest BCUT2D eigenvalue weighted by atomic mass is 16.2. The number of carbonyl (C=O) groups is 2. The van der Waals surface area contributed by atoms with Crippen LogP contribution in [0.25, 0.3) is 0 Å². The Kier molecular flexibility index (Phi) is 4.42. The third kappa shape index (κ3) is 3.42. The maximum atomic E-state index is 12.6. The van der Waals surface area contributed by atoms with Gasteiger partial charge in [-0.3, -0.25) is 9.59 Å². The molecule has 4 nitrogen and oxygen atoms in total. The van der Waals surface area contributed by atoms with Crippen molar-refractivity contribution in [1.29, 1.82) is 0 Å². The fourth-order valence-corrected chi connectivity index (χ4v) is 2.98. The molecule has 2 aromatic carbocycles. The van der Waals surface area contributed by atoms with Gasteiger partial charge >= 0.3 is 0 Å². The summed E-state index contributed by atoms with van der Waals surface area (Å²) < 4.78 is 0. The van der Waals surface area contributed by atoms with Crippen LogP contribution < -0.4 is 5.32 Å². The molecular formula is C19H20N2O2. The van der Waals surface area contributed by atoms with Crippen molar-refractivity contribution >= 4 is 17.5 Å². The van der Waals surface area contributed by atoms with E-state index in [4.69, 9.17) is 0 Å². The van der Waals surface area contributed by atoms with Crippen molar-refractivity contribution in [2.45, 2.75) is 25.8 Å². The number of carbonyl (C=O) groups excluding carboxylic acids is 2. The summed E-state index contributed by atoms with van der Waals surface area (Å²) in [5.41, 5.74) is 2.49. The lowest BCUT2D eigenvalue weighted by Crippen LogP contribution is -2.43. The van der Waals surface area contributed by atoms with Crippen LogP contribution in [0.2, 0.25) is 0 Å². The van der Waals surface area contributed by atoms with Crippen molar-refractivity contribution in [2.75, 3.05) is 11.9 Å². The molecule has 0 aromatic heterocycles. The van der Waals surface area contributed by atoms with Crippen LogP contribution in [0, 0.1) is 6.92 Å². The molecule has 1 aliphatic heterocycles. The Labute approximate surface area is 136 Å². The number of anilines is 1. The van der Waals surface area contributed by atoms with Gasteiger partial charge in [-0.1, -0.05) is 30.3 Å². The van der Waals surface area contributed by atoms with Gasteiger partial charge in [0.15, 0.2) is 0 Å². The van der Waals surface area contributed by atoms with Crippen LogP contribution in [0.1, 0.15) is 28.8 Å². The highest BCUT2D eigenvalue weighted by Gasteiger charge is 2.34. The second-order valence-electron chi connectivity index (χ2n) is 5.88. The second kappa shape index (κ2) is 6.65. The zero-order valence-corrected chi connectivity index (χ0v) is 13.2. The van der Waals surface area contributed by atoms with E-state index < -0.39 is 6.04 Å². The Morgan fingerprint density at radius 1 is 1.09 bits per heavy atom. The quantitative estimate of drug-likeness (QED) is 0.946. The monoisotopic (exact) mass is 308 g/mol. The summed E-state index contributed by atoms with van der Waals surface area (Å²) in [4.78, 5) is 26.9. The van der Waals surface area contributed by atoms with Crippen LogP contribution in [0.4, 0.5) is 5.69 Å². The lowest BCUT2D eigenvalue weighted by molar-refractivity contribution is -0.119. The molecule has 118 valence electrons. The summed E-state index contributed by atoms with van der Waals surface area (Å²) in [5.74, 6) is -0.190. The highest BCUT2D eigenvalue weighted by Crippen LogP contribution is 2.22. The Morgan fingerprint density at radius 2 is 1.87 bits per heavy atom. The second-order valence-corrected chi connectivity index (χ2v) is 5.88. The van der Waals surface area contributed by atoms with Gasteiger partial charge in [0, 0.05) is 17.8 Å². The van der Waals surface area contributed by atoms with E-state index in [2.05, 4.69) is 5.32 Å². The molecule has 1 unspecified atom stereocenters. The van der Waals surface area contributed by atoms with Crippen LogP contribution >= 0.6 is 0 Å². The van der Waals surface area contributed by atoms with Gasteiger partial charge in [-0.2, -0.15) is 0 Å². The molecule has 1 aliphatic rings. The summed E-state index contributed by atoms with van der Waals surface area (Å²) in [6, 6.07) is 16.4. The molecule has 2 aromatic rings. The average molecular weight is 308 g/mol. The lowest BCUT2D eigenvalue weighted by atomic mass is 10.1. The molecule has 23 heavy (non-hydrogen) atoms. The molecular weight excluding hydrogens is 288 g/mol. The summed E-state index contributed by atoms with van der Waals surface area (Å²) in [6.07, 6.45) is 1.56. The first-order valence-corrected chi connectivity index (χ1v) is 7.89. The molecule has 3 rings (SSSR count). The number of benzene rings is 2. The minimum absolute atomic E-state index is 0.0764. The van der Waals surface area contributed by atoms with E-state index in [-0.39, 0.29) is 11.8 Å². The number of likely N-dealkylation sites (tertiary alicyclic amines) is 1. The lowest BCUT2D eigenvalue weighted by Gasteiger charge is -2.24. The van der Waals surface area contributed by atoms with Crippen molar-refractivity contribution in [1.82, 2.24) is 4.90 Å². The molecule has 0 bridgehead atoms. The zero-order valence-electron chi connectivity index (χ0n) is 13.2. The standard InChI is InChI=1S/C19H20N2O2/c1-14-7-5-10-16(13-14)20-18(22)17-11-6-12-21(17)19(23)15-8-3-2-4-9-15/h2-5,7-10,13,17H,6,11-12H2,1H3,(H,20,22). The van der Waals surface area contributed by atoms with Crippen molar-refractivity contribution in [2.24, 2.45) is 0 Å². The molecule has 1 heterocycles. The van der Waals surface area contributed by atoms with Crippen LogP contribution in [-0.4, -0.2) is 29.3 Å². The van der Waals surface area contributed by atoms with Crippen molar-refractivity contribution in [3.8, 4) is 0 Å². The molecule has 1 N–H and O–H groups in total. The summed E-state index contributed by atoms with van der Waals surface area (Å²) >= 11 is 0. The van der Waals surface area contributed by atoms with Crippen molar-refractivity contribution in [3.05, 3.63) is 65.7 Å². The van der Waals surface area contributed by atoms with E-state index in [0.29, 0.717) is 18.5 Å². The van der Waals surface area contributed by atoms with Crippen LogP contribution in [0.3, 0.4) is 0 Å². The Morgan fingerprint density at radius 3 is 2.61 bits per heavy atom. The summed E-state index contributed by atoms with van der Waals surface area (Å²) in [6.45, 7) is 2.61. The van der Waals surface area contributed by atoms with E-state index >= 15 is 0 Å². The molecule has 1 fully saturated rings. The number of amides is 2. The van der Waals surface area contributed by atoms with Gasteiger partial charge in [-0.15, -0.1) is 0 Å². The smallest absolute Gasteiger partial charge is 0.254 e. The SMILES string of the molecule is Cc1cccc(NC(=O)C2CCCN2C(=O)c2ccccc2)c1. The van der Waals surface area contributed by atoms with Gasteiger partial charge in [0.25, 0.3) is 5.91 Å². The maximum absolute atomic E-state index is 12.6. The van der Waals surface area contributed by atoms with E-state index in [0.717, 1.165) is 17.7 Å². The van der Waals surface area contributed by atoms with Crippen molar-refractivity contribution in [3.63, 3.8) is 0 Å². The third-order valence-electron chi connectivity index (χ3n) is 4.12. The third-order valence-corrected chi connectivity index (χ3v) is 4.12. The summed E-state index contributed by atoms with van der Waals surface area (Å²) in [7, 11) is 0. The number of nitrogens with one attached hydrogen (secondary N) is 1. The predicted molar refractivity (Wildman–Crippen MR) is 90.3 cm³/mol. The fraction of sp³-hybridized carbons (Fsp3) is 0.263. The Hall–Kier alpha value is -2.62. The van der Waals surface area contributed by atoms with E-state index in [9.17, 15) is 9.59 Å². The molecule has 0 spiro atoms. The maximum Gasteiger partial charge on any atom is 0.254 e. The Bertz CT molecular complexity index is 712. The molecule has 0 aliphatic carbocycles. The molecule has 4 heteroatoms. The number of aryl methyl sites for hydroxylation is 1. The van der Waals surface area contributed by atoms with Gasteiger partial charge in [-0.25, -0.2) is 0 Å². The van der Waals surface area contributed by atoms with Crippen molar-refractivity contribution < 1.29 is 9.59 Å². The normalized spacial score (nSPS) is 17.1. The number of rotatable bonds is 3. The Balaban J connectivity index is 1.73. The minimum atomic E-state index is -0.400. The molecule has 2 amide bonds. The number of hydrogen-bond acceptors (Lipinski definition) is 2. The topological polar surface area (TPSA) is 49.4 Å². The van der Waals surface area contributed by atoms with E-state index in [1.807, 2.05) is 49.4 Å². The molecule has 0 saturated carbocycles. The predicted octanol–water partition coefficient (Wildman–Crippen LogP) is 3.24. The van der Waals surface area contributed by atoms with E-state index in [1.54, 1.807) is 17.0 Å². The van der Waals surface area contributed by atoms with Gasteiger partial charge in [0.2, 0.25) is 5.91 Å². The van der Waals surface area contributed by atoms with E-state index in [1.165, 1.54) is 0 Å². The first-order valence-electron chi connectivity index (χ1n) is 7.89. The fourth-order valence-electron chi connectivity index (χ4n) is 2.98. The first-order chi connectivity index (χ1) is 11.1. The largest absolute Gasteiger partial charge is 0.327 e. The number of nitrogens with zero attached hydrogens (tertiary/aromatic N) is 1. The number of hydrogen-bond donors (Lipinski definition) is 1. The molecule has 0 radical (unpaired) electrons. The zero-order chi connectivity index (χ0) is 16.2. The van der Waals surface area contributed by atoms with Crippen LogP contribution in [-0.2, 0) is 4.79 Å². The first kappa shape index (κ1) is 15.3.